The van der Waals surface area contributed by atoms with Crippen LogP contribution < -0.4 is 10.2 Å². The van der Waals surface area contributed by atoms with Gasteiger partial charge >= 0.3 is 0 Å². The lowest BCUT2D eigenvalue weighted by Gasteiger charge is -2.37. The average Bonchev–Trinajstić information content (AvgIpc) is 2.60. The lowest BCUT2D eigenvalue weighted by Crippen LogP contribution is -2.49. The van der Waals surface area contributed by atoms with Gasteiger partial charge in [-0.1, -0.05) is 12.1 Å². The van der Waals surface area contributed by atoms with E-state index in [1.807, 2.05) is 4.90 Å². The van der Waals surface area contributed by atoms with Gasteiger partial charge in [-0.2, -0.15) is 0 Å². The van der Waals surface area contributed by atoms with Crippen LogP contribution in [0.25, 0.3) is 0 Å². The van der Waals surface area contributed by atoms with Crippen molar-refractivity contribution in [2.75, 3.05) is 57.9 Å². The van der Waals surface area contributed by atoms with Crippen molar-refractivity contribution in [2.24, 2.45) is 0 Å². The van der Waals surface area contributed by atoms with Crippen molar-refractivity contribution in [2.45, 2.75) is 26.7 Å². The van der Waals surface area contributed by atoms with E-state index in [2.05, 4.69) is 42.3 Å². The minimum absolute atomic E-state index is 0.259. The Morgan fingerprint density at radius 1 is 1.17 bits per heavy atom. The molecular formula is C19H31N3O2. The first kappa shape index (κ1) is 18.7. The molecular weight excluding hydrogens is 302 g/mol. The van der Waals surface area contributed by atoms with Gasteiger partial charge in [-0.05, 0) is 44.0 Å². The molecule has 5 heteroatoms. The topological polar surface area (TPSA) is 44.8 Å². The number of carbonyl (C=O) groups excluding carboxylic acids is 1. The highest BCUT2D eigenvalue weighted by Crippen LogP contribution is 2.23. The number of hydrogen-bond donors (Lipinski definition) is 1. The van der Waals surface area contributed by atoms with E-state index in [0.717, 1.165) is 52.3 Å². The Kier molecular flexibility index (Phi) is 7.53. The van der Waals surface area contributed by atoms with Crippen LogP contribution in [0.5, 0.6) is 0 Å². The molecule has 0 aliphatic carbocycles. The van der Waals surface area contributed by atoms with Gasteiger partial charge in [-0.25, -0.2) is 0 Å². The van der Waals surface area contributed by atoms with E-state index in [0.29, 0.717) is 6.42 Å². The third kappa shape index (κ3) is 5.21. The lowest BCUT2D eigenvalue weighted by molar-refractivity contribution is -0.131. The van der Waals surface area contributed by atoms with Crippen molar-refractivity contribution in [3.8, 4) is 0 Å². The zero-order valence-electron chi connectivity index (χ0n) is 15.3. The molecule has 0 radical (unpaired) electrons. The number of amides is 1. The van der Waals surface area contributed by atoms with Crippen LogP contribution in [0.4, 0.5) is 5.69 Å². The summed E-state index contributed by atoms with van der Waals surface area (Å²) in [6, 6.07) is 6.45. The molecule has 1 heterocycles. The Morgan fingerprint density at radius 3 is 2.62 bits per heavy atom. The quantitative estimate of drug-likeness (QED) is 0.739. The van der Waals surface area contributed by atoms with E-state index >= 15 is 0 Å². The molecule has 0 saturated carbocycles. The molecule has 24 heavy (non-hydrogen) atoms. The molecule has 134 valence electrons. The monoisotopic (exact) mass is 333 g/mol. The van der Waals surface area contributed by atoms with Crippen LogP contribution >= 0.6 is 0 Å². The Balaban J connectivity index is 1.72. The summed E-state index contributed by atoms with van der Waals surface area (Å²) in [7, 11) is 1.71. The van der Waals surface area contributed by atoms with Crippen LogP contribution in [-0.4, -0.2) is 63.8 Å². The van der Waals surface area contributed by atoms with E-state index in [-0.39, 0.29) is 5.91 Å². The second kappa shape index (κ2) is 9.64. The molecule has 0 unspecified atom stereocenters. The van der Waals surface area contributed by atoms with Crippen LogP contribution in [0, 0.1) is 13.8 Å². The molecule has 5 nitrogen and oxygen atoms in total. The molecule has 1 saturated heterocycles. The molecule has 1 aliphatic heterocycles. The Hall–Kier alpha value is -1.59. The maximum atomic E-state index is 12.3. The van der Waals surface area contributed by atoms with Crippen molar-refractivity contribution >= 4 is 11.6 Å². The molecule has 1 amide bonds. The molecule has 0 spiro atoms. The molecule has 1 aromatic carbocycles. The lowest BCUT2D eigenvalue weighted by atomic mass is 10.1. The van der Waals surface area contributed by atoms with Crippen molar-refractivity contribution < 1.29 is 9.53 Å². The van der Waals surface area contributed by atoms with E-state index in [1.54, 1.807) is 7.11 Å². The predicted octanol–water partition coefficient (Wildman–Crippen LogP) is 1.97. The van der Waals surface area contributed by atoms with Crippen molar-refractivity contribution in [1.82, 2.24) is 10.2 Å². The fourth-order valence-corrected chi connectivity index (χ4v) is 3.09. The van der Waals surface area contributed by atoms with Gasteiger partial charge in [-0.15, -0.1) is 0 Å². The number of nitrogens with one attached hydrogen (secondary N) is 1. The Morgan fingerprint density at radius 2 is 1.92 bits per heavy atom. The van der Waals surface area contributed by atoms with Crippen molar-refractivity contribution in [3.63, 3.8) is 0 Å². The van der Waals surface area contributed by atoms with Crippen molar-refractivity contribution in [1.29, 1.82) is 0 Å². The summed E-state index contributed by atoms with van der Waals surface area (Å²) < 4.78 is 5.01. The number of aryl methyl sites for hydroxylation is 1. The first-order valence-corrected chi connectivity index (χ1v) is 8.92. The van der Waals surface area contributed by atoms with Crippen LogP contribution in [0.3, 0.4) is 0 Å². The molecule has 0 bridgehead atoms. The molecule has 2 rings (SSSR count). The fourth-order valence-electron chi connectivity index (χ4n) is 3.09. The normalized spacial score (nSPS) is 15.0. The summed E-state index contributed by atoms with van der Waals surface area (Å²) in [5.41, 5.74) is 3.98. The van der Waals surface area contributed by atoms with Gasteiger partial charge in [0.15, 0.2) is 0 Å². The number of rotatable bonds is 8. The predicted molar refractivity (Wildman–Crippen MR) is 98.7 cm³/mol. The molecule has 1 fully saturated rings. The molecule has 0 aromatic heterocycles. The van der Waals surface area contributed by atoms with Crippen molar-refractivity contribution in [3.05, 3.63) is 29.3 Å². The minimum atomic E-state index is 0.259. The van der Waals surface area contributed by atoms with Crippen LogP contribution in [0.1, 0.15) is 24.0 Å². The Bertz CT molecular complexity index is 525. The number of nitrogens with zero attached hydrogens (tertiary/aromatic N) is 2. The minimum Gasteiger partial charge on any atom is -0.385 e. The second-order valence-electron chi connectivity index (χ2n) is 6.43. The van der Waals surface area contributed by atoms with Crippen LogP contribution in [0.15, 0.2) is 18.2 Å². The van der Waals surface area contributed by atoms with E-state index in [4.69, 9.17) is 4.74 Å². The number of hydrogen-bond acceptors (Lipinski definition) is 4. The largest absolute Gasteiger partial charge is 0.385 e. The summed E-state index contributed by atoms with van der Waals surface area (Å²) in [6.45, 7) is 10.2. The van der Waals surface area contributed by atoms with Gasteiger partial charge in [0, 0.05) is 58.5 Å². The van der Waals surface area contributed by atoms with Gasteiger partial charge < -0.3 is 19.9 Å². The average molecular weight is 333 g/mol. The standard InChI is InChI=1S/C19H31N3O2/c1-16-6-4-7-18(17(16)2)21-11-13-22(14-12-21)19(23)8-10-20-9-5-15-24-3/h4,6-7,20H,5,8-15H2,1-3H3. The maximum absolute atomic E-state index is 12.3. The summed E-state index contributed by atoms with van der Waals surface area (Å²) in [5, 5.41) is 3.30. The van der Waals surface area contributed by atoms with E-state index in [9.17, 15) is 4.79 Å². The molecule has 1 N–H and O–H groups in total. The zero-order valence-corrected chi connectivity index (χ0v) is 15.3. The number of carbonyl (C=O) groups is 1. The summed E-state index contributed by atoms with van der Waals surface area (Å²) in [6.07, 6.45) is 1.57. The Labute approximate surface area is 146 Å². The van der Waals surface area contributed by atoms with E-state index in [1.165, 1.54) is 16.8 Å². The highest BCUT2D eigenvalue weighted by molar-refractivity contribution is 5.76. The number of anilines is 1. The highest BCUT2D eigenvalue weighted by Gasteiger charge is 2.21. The molecule has 1 aliphatic rings. The maximum Gasteiger partial charge on any atom is 0.223 e. The van der Waals surface area contributed by atoms with Crippen LogP contribution in [0.2, 0.25) is 0 Å². The summed E-state index contributed by atoms with van der Waals surface area (Å²) in [5.74, 6) is 0.259. The molecule has 0 atom stereocenters. The van der Waals surface area contributed by atoms with E-state index < -0.39 is 0 Å². The van der Waals surface area contributed by atoms with Gasteiger partial charge in [0.2, 0.25) is 5.91 Å². The fraction of sp³-hybridized carbons (Fsp3) is 0.632. The number of benzene rings is 1. The highest BCUT2D eigenvalue weighted by atomic mass is 16.5. The first-order valence-electron chi connectivity index (χ1n) is 8.92. The van der Waals surface area contributed by atoms with Gasteiger partial charge in [0.05, 0.1) is 0 Å². The SMILES string of the molecule is COCCCNCCC(=O)N1CCN(c2cccc(C)c2C)CC1. The first-order chi connectivity index (χ1) is 11.6. The van der Waals surface area contributed by atoms with Crippen LogP contribution in [-0.2, 0) is 9.53 Å². The number of methoxy groups -OCH3 is 1. The third-order valence-corrected chi connectivity index (χ3v) is 4.77. The number of ether oxygens (including phenoxy) is 1. The van der Waals surface area contributed by atoms with Gasteiger partial charge in [0.1, 0.15) is 0 Å². The summed E-state index contributed by atoms with van der Waals surface area (Å²) >= 11 is 0. The second-order valence-corrected chi connectivity index (χ2v) is 6.43. The van der Waals surface area contributed by atoms with Gasteiger partial charge in [-0.3, -0.25) is 4.79 Å². The summed E-state index contributed by atoms with van der Waals surface area (Å²) in [4.78, 5) is 16.7. The third-order valence-electron chi connectivity index (χ3n) is 4.77. The smallest absolute Gasteiger partial charge is 0.223 e. The molecule has 1 aromatic rings. The zero-order chi connectivity index (χ0) is 17.4. The van der Waals surface area contributed by atoms with Gasteiger partial charge in [0.25, 0.3) is 0 Å². The number of piperazine rings is 1.